The van der Waals surface area contributed by atoms with Crippen molar-refractivity contribution in [3.8, 4) is 11.1 Å². The Bertz CT molecular complexity index is 1460. The van der Waals surface area contributed by atoms with Crippen LogP contribution < -0.4 is 21.7 Å². The first-order chi connectivity index (χ1) is 21.0. The summed E-state index contributed by atoms with van der Waals surface area (Å²) in [4.78, 5) is 68.9. The second kappa shape index (κ2) is 14.3. The highest BCUT2D eigenvalue weighted by Crippen LogP contribution is 2.44. The molecule has 0 saturated heterocycles. The highest BCUT2D eigenvalue weighted by atomic mass is 16.5. The van der Waals surface area contributed by atoms with Crippen LogP contribution in [0.2, 0.25) is 0 Å². The van der Waals surface area contributed by atoms with Crippen molar-refractivity contribution >= 4 is 29.8 Å². The van der Waals surface area contributed by atoms with Crippen LogP contribution in [0.4, 0.5) is 4.79 Å². The average molecular weight is 605 g/mol. The number of H-pyrrole nitrogens is 1. The van der Waals surface area contributed by atoms with E-state index in [1.54, 1.807) is 13.8 Å². The maximum atomic E-state index is 13.0. The van der Waals surface area contributed by atoms with Gasteiger partial charge in [0.1, 0.15) is 24.7 Å². The Morgan fingerprint density at radius 2 is 1.55 bits per heavy atom. The zero-order valence-corrected chi connectivity index (χ0v) is 24.7. The van der Waals surface area contributed by atoms with Crippen LogP contribution in [0.1, 0.15) is 43.5 Å². The molecule has 0 spiro atoms. The number of carbonyl (C=O) groups excluding carboxylic acids is 5. The third-order valence-corrected chi connectivity index (χ3v) is 7.28. The van der Waals surface area contributed by atoms with Gasteiger partial charge in [0.25, 0.3) is 5.91 Å². The lowest BCUT2D eigenvalue weighted by Crippen LogP contribution is -2.53. The number of esters is 1. The van der Waals surface area contributed by atoms with E-state index in [4.69, 9.17) is 15.2 Å². The summed E-state index contributed by atoms with van der Waals surface area (Å²) >= 11 is 0. The van der Waals surface area contributed by atoms with Gasteiger partial charge in [-0.3, -0.25) is 14.4 Å². The lowest BCUT2D eigenvalue weighted by molar-refractivity contribution is -0.151. The summed E-state index contributed by atoms with van der Waals surface area (Å²) in [6.45, 7) is 4.24. The van der Waals surface area contributed by atoms with E-state index >= 15 is 0 Å². The van der Waals surface area contributed by atoms with Gasteiger partial charge in [-0.05, 0) is 35.1 Å². The number of nitrogens with two attached hydrogens (primary N) is 1. The van der Waals surface area contributed by atoms with Gasteiger partial charge in [0.15, 0.2) is 6.61 Å². The Morgan fingerprint density at radius 1 is 0.909 bits per heavy atom. The van der Waals surface area contributed by atoms with Gasteiger partial charge < -0.3 is 36.1 Å². The summed E-state index contributed by atoms with van der Waals surface area (Å²) < 4.78 is 10.6. The van der Waals surface area contributed by atoms with Gasteiger partial charge >= 0.3 is 12.1 Å². The molecule has 0 saturated carbocycles. The fourth-order valence-electron chi connectivity index (χ4n) is 5.00. The van der Waals surface area contributed by atoms with E-state index in [-0.39, 0.29) is 24.9 Å². The number of carbonyl (C=O) groups is 5. The van der Waals surface area contributed by atoms with Gasteiger partial charge in [0.2, 0.25) is 11.8 Å². The van der Waals surface area contributed by atoms with Crippen LogP contribution in [-0.2, 0) is 35.1 Å². The number of fused-ring (bicyclic) bond motifs is 3. The molecular weight excluding hydrogens is 568 g/mol. The smallest absolute Gasteiger partial charge is 0.407 e. The molecule has 4 rings (SSSR count). The number of nitrogens with zero attached hydrogens (tertiary/aromatic N) is 1. The number of imidazole rings is 1. The van der Waals surface area contributed by atoms with Gasteiger partial charge in [-0.2, -0.15) is 0 Å². The first kappa shape index (κ1) is 31.7. The summed E-state index contributed by atoms with van der Waals surface area (Å²) in [6.07, 6.45) is 2.21. The number of benzene rings is 2. The third kappa shape index (κ3) is 7.79. The Balaban J connectivity index is 1.25. The van der Waals surface area contributed by atoms with Gasteiger partial charge in [-0.1, -0.05) is 62.4 Å². The molecule has 0 radical (unpaired) electrons. The standard InChI is InChI=1S/C31H36N6O7/c1-17(2)27(37-31(42)44-14-24-22-10-6-4-8-20(22)21-9-5-7-11-23(21)24)29(40)35-18(3)30(41)43-15-26(38)36-25(28(32)39)12-19-13-33-16-34-19/h4-11,13,16-18,24-25,27H,12,14-15H2,1-3H3,(H2,32,39)(H,33,34)(H,35,40)(H,36,38)(H,37,42)/t18-,25-,27-/m0/s1. The molecule has 13 nitrogen and oxygen atoms in total. The molecule has 1 heterocycles. The molecule has 3 aromatic rings. The van der Waals surface area contributed by atoms with Crippen molar-refractivity contribution in [2.75, 3.05) is 13.2 Å². The number of aromatic amines is 1. The number of amides is 4. The Morgan fingerprint density at radius 3 is 2.11 bits per heavy atom. The molecule has 44 heavy (non-hydrogen) atoms. The number of primary amides is 1. The van der Waals surface area contributed by atoms with Crippen LogP contribution in [0.5, 0.6) is 0 Å². The Labute approximate surface area is 254 Å². The quantitative estimate of drug-likeness (QED) is 0.181. The van der Waals surface area contributed by atoms with Crippen molar-refractivity contribution in [1.82, 2.24) is 25.9 Å². The monoisotopic (exact) mass is 604 g/mol. The second-order valence-electron chi connectivity index (χ2n) is 10.8. The molecule has 2 aromatic carbocycles. The summed E-state index contributed by atoms with van der Waals surface area (Å²) in [5.74, 6) is -3.53. The molecule has 232 valence electrons. The molecule has 0 fully saturated rings. The molecule has 1 aromatic heterocycles. The molecule has 0 bridgehead atoms. The largest absolute Gasteiger partial charge is 0.454 e. The predicted octanol–water partition coefficient (Wildman–Crippen LogP) is 1.53. The lowest BCUT2D eigenvalue weighted by atomic mass is 9.98. The molecule has 3 atom stereocenters. The van der Waals surface area contributed by atoms with Crippen molar-refractivity contribution in [2.45, 2.75) is 51.2 Å². The van der Waals surface area contributed by atoms with Crippen LogP contribution in [0.25, 0.3) is 11.1 Å². The minimum absolute atomic E-state index is 0.0781. The van der Waals surface area contributed by atoms with Crippen LogP contribution in [-0.4, -0.2) is 71.1 Å². The van der Waals surface area contributed by atoms with Gasteiger partial charge in [-0.25, -0.2) is 14.6 Å². The first-order valence-corrected chi connectivity index (χ1v) is 14.2. The van der Waals surface area contributed by atoms with E-state index in [1.165, 1.54) is 19.4 Å². The van der Waals surface area contributed by atoms with E-state index < -0.39 is 54.5 Å². The normalized spacial score (nSPS) is 14.0. The predicted molar refractivity (Wildman–Crippen MR) is 159 cm³/mol. The number of hydrogen-bond acceptors (Lipinski definition) is 8. The summed E-state index contributed by atoms with van der Waals surface area (Å²) in [5, 5.41) is 7.49. The number of rotatable bonds is 13. The molecule has 0 aliphatic heterocycles. The molecule has 4 amide bonds. The first-order valence-electron chi connectivity index (χ1n) is 14.2. The zero-order valence-electron chi connectivity index (χ0n) is 24.7. The van der Waals surface area contributed by atoms with Crippen LogP contribution >= 0.6 is 0 Å². The van der Waals surface area contributed by atoms with Crippen LogP contribution in [0.3, 0.4) is 0 Å². The van der Waals surface area contributed by atoms with Crippen molar-refractivity contribution < 1.29 is 33.4 Å². The molecule has 1 aliphatic rings. The van der Waals surface area contributed by atoms with Crippen LogP contribution in [0, 0.1) is 5.92 Å². The molecular formula is C31H36N6O7. The highest BCUT2D eigenvalue weighted by molar-refractivity contribution is 5.91. The minimum atomic E-state index is -1.14. The van der Waals surface area contributed by atoms with Crippen molar-refractivity contribution in [2.24, 2.45) is 11.7 Å². The van der Waals surface area contributed by atoms with Crippen molar-refractivity contribution in [3.05, 3.63) is 77.9 Å². The van der Waals surface area contributed by atoms with E-state index in [0.29, 0.717) is 5.69 Å². The highest BCUT2D eigenvalue weighted by Gasteiger charge is 2.31. The average Bonchev–Trinajstić information content (AvgIpc) is 3.63. The van der Waals surface area contributed by atoms with E-state index in [2.05, 4.69) is 25.9 Å². The molecule has 13 heteroatoms. The van der Waals surface area contributed by atoms with Gasteiger partial charge in [-0.15, -0.1) is 0 Å². The lowest BCUT2D eigenvalue weighted by Gasteiger charge is -2.24. The minimum Gasteiger partial charge on any atom is -0.454 e. The maximum Gasteiger partial charge on any atom is 0.407 e. The Hall–Kier alpha value is -5.20. The van der Waals surface area contributed by atoms with Gasteiger partial charge in [0, 0.05) is 24.2 Å². The summed E-state index contributed by atoms with van der Waals surface area (Å²) in [6, 6.07) is 12.7. The fourth-order valence-corrected chi connectivity index (χ4v) is 5.00. The molecule has 0 unspecified atom stereocenters. The third-order valence-electron chi connectivity index (χ3n) is 7.28. The second-order valence-corrected chi connectivity index (χ2v) is 10.8. The van der Waals surface area contributed by atoms with Crippen molar-refractivity contribution in [3.63, 3.8) is 0 Å². The number of aromatic nitrogens is 2. The Kier molecular flexibility index (Phi) is 10.3. The number of ether oxygens (including phenoxy) is 2. The summed E-state index contributed by atoms with van der Waals surface area (Å²) in [5.41, 5.74) is 10.2. The zero-order chi connectivity index (χ0) is 31.8. The molecule has 1 aliphatic carbocycles. The number of alkyl carbamates (subject to hydrolysis) is 1. The number of hydrogen-bond donors (Lipinski definition) is 5. The SMILES string of the molecule is CC(C)[C@H](NC(=O)OCC1c2ccccc2-c2ccccc21)C(=O)N[C@@H](C)C(=O)OCC(=O)N[C@@H](Cc1cnc[nH]1)C(N)=O. The summed E-state index contributed by atoms with van der Waals surface area (Å²) in [7, 11) is 0. The van der Waals surface area contributed by atoms with Gasteiger partial charge in [0.05, 0.1) is 6.33 Å². The molecule has 6 N–H and O–H groups in total. The number of nitrogens with one attached hydrogen (secondary N) is 4. The fraction of sp³-hybridized carbons (Fsp3) is 0.355. The van der Waals surface area contributed by atoms with Crippen molar-refractivity contribution in [1.29, 1.82) is 0 Å². The van der Waals surface area contributed by atoms with Crippen LogP contribution in [0.15, 0.2) is 61.1 Å². The van der Waals surface area contributed by atoms with E-state index in [0.717, 1.165) is 22.3 Å². The van der Waals surface area contributed by atoms with E-state index in [1.807, 2.05) is 48.5 Å². The maximum absolute atomic E-state index is 13.0. The topological polar surface area (TPSA) is 195 Å². The van der Waals surface area contributed by atoms with E-state index in [9.17, 15) is 24.0 Å².